The first kappa shape index (κ1) is 14.9. The van der Waals surface area contributed by atoms with Gasteiger partial charge in [-0.15, -0.1) is 0 Å². The molecule has 0 atom stereocenters. The highest BCUT2D eigenvalue weighted by atomic mass is 16.7. The molecule has 1 N–H and O–H groups in total. The summed E-state index contributed by atoms with van der Waals surface area (Å²) < 4.78 is 10.9. The Morgan fingerprint density at radius 3 is 2.00 bits per heavy atom. The van der Waals surface area contributed by atoms with Gasteiger partial charge < -0.3 is 14.8 Å². The van der Waals surface area contributed by atoms with Gasteiger partial charge in [-0.2, -0.15) is 0 Å². The summed E-state index contributed by atoms with van der Waals surface area (Å²) in [5, 5.41) is 3.40. The SMILES string of the molecule is CCOC(CNCC(C)(C)CC)OCC. The fourth-order valence-electron chi connectivity index (χ4n) is 1.19. The summed E-state index contributed by atoms with van der Waals surface area (Å²) >= 11 is 0. The van der Waals surface area contributed by atoms with Gasteiger partial charge in [0.1, 0.15) is 0 Å². The molecule has 0 aromatic carbocycles. The molecule has 92 valence electrons. The van der Waals surface area contributed by atoms with Crippen LogP contribution in [0.15, 0.2) is 0 Å². The number of nitrogens with one attached hydrogen (secondary N) is 1. The van der Waals surface area contributed by atoms with E-state index in [9.17, 15) is 0 Å². The molecule has 0 bridgehead atoms. The van der Waals surface area contributed by atoms with Gasteiger partial charge in [0.2, 0.25) is 0 Å². The quantitative estimate of drug-likeness (QED) is 0.602. The highest BCUT2D eigenvalue weighted by Crippen LogP contribution is 2.17. The molecule has 15 heavy (non-hydrogen) atoms. The molecular formula is C12H27NO2. The first-order chi connectivity index (χ1) is 7.05. The molecule has 3 nitrogen and oxygen atoms in total. The van der Waals surface area contributed by atoms with Gasteiger partial charge in [0.05, 0.1) is 0 Å². The largest absolute Gasteiger partial charge is 0.352 e. The lowest BCUT2D eigenvalue weighted by atomic mass is 9.90. The molecule has 0 aliphatic heterocycles. The Labute approximate surface area is 94.5 Å². The first-order valence-corrected chi connectivity index (χ1v) is 5.99. The van der Waals surface area contributed by atoms with Crippen LogP contribution < -0.4 is 5.32 Å². The first-order valence-electron chi connectivity index (χ1n) is 5.99. The zero-order valence-corrected chi connectivity index (χ0v) is 10.9. The summed E-state index contributed by atoms with van der Waals surface area (Å²) in [6.45, 7) is 13.9. The van der Waals surface area contributed by atoms with Crippen molar-refractivity contribution in [2.45, 2.75) is 47.3 Å². The number of ether oxygens (including phenoxy) is 2. The van der Waals surface area contributed by atoms with Crippen LogP contribution >= 0.6 is 0 Å². The maximum Gasteiger partial charge on any atom is 0.169 e. The second kappa shape index (κ2) is 8.08. The lowest BCUT2D eigenvalue weighted by Gasteiger charge is -2.25. The fourth-order valence-corrected chi connectivity index (χ4v) is 1.19. The van der Waals surface area contributed by atoms with Crippen LogP contribution in [0.4, 0.5) is 0 Å². The Bertz CT molecular complexity index is 143. The van der Waals surface area contributed by atoms with Crippen molar-refractivity contribution in [3.63, 3.8) is 0 Å². The zero-order chi connectivity index (χ0) is 11.7. The van der Waals surface area contributed by atoms with Crippen molar-refractivity contribution in [3.8, 4) is 0 Å². The van der Waals surface area contributed by atoms with E-state index in [0.717, 1.165) is 13.1 Å². The molecule has 0 rings (SSSR count). The molecule has 3 heteroatoms. The van der Waals surface area contributed by atoms with Crippen LogP contribution in [0.1, 0.15) is 41.0 Å². The lowest BCUT2D eigenvalue weighted by molar-refractivity contribution is -0.133. The fraction of sp³-hybridized carbons (Fsp3) is 1.00. The molecule has 0 aliphatic rings. The normalized spacial score (nSPS) is 12.4. The van der Waals surface area contributed by atoms with Crippen LogP contribution in [-0.4, -0.2) is 32.6 Å². The lowest BCUT2D eigenvalue weighted by Crippen LogP contribution is -2.36. The Kier molecular flexibility index (Phi) is 8.02. The van der Waals surface area contributed by atoms with E-state index in [1.54, 1.807) is 0 Å². The van der Waals surface area contributed by atoms with E-state index in [0.29, 0.717) is 18.6 Å². The van der Waals surface area contributed by atoms with Gasteiger partial charge in [-0.3, -0.25) is 0 Å². The average Bonchev–Trinajstić information content (AvgIpc) is 2.18. The molecule has 0 spiro atoms. The van der Waals surface area contributed by atoms with E-state index in [1.807, 2.05) is 13.8 Å². The number of hydrogen-bond acceptors (Lipinski definition) is 3. The van der Waals surface area contributed by atoms with Gasteiger partial charge in [0.25, 0.3) is 0 Å². The molecule has 0 heterocycles. The second-order valence-electron chi connectivity index (χ2n) is 4.49. The summed E-state index contributed by atoms with van der Waals surface area (Å²) in [6, 6.07) is 0. The standard InChI is InChI=1S/C12H27NO2/c1-6-12(4,5)10-13-9-11(14-7-2)15-8-3/h11,13H,6-10H2,1-5H3. The van der Waals surface area contributed by atoms with Crippen molar-refractivity contribution in [1.82, 2.24) is 5.32 Å². The average molecular weight is 217 g/mol. The molecule has 0 radical (unpaired) electrons. The smallest absolute Gasteiger partial charge is 0.169 e. The molecule has 0 aliphatic carbocycles. The van der Waals surface area contributed by atoms with Crippen molar-refractivity contribution < 1.29 is 9.47 Å². The maximum absolute atomic E-state index is 5.45. The van der Waals surface area contributed by atoms with E-state index in [1.165, 1.54) is 6.42 Å². The molecule has 0 aromatic heterocycles. The van der Waals surface area contributed by atoms with Gasteiger partial charge in [-0.1, -0.05) is 20.8 Å². The van der Waals surface area contributed by atoms with E-state index in [-0.39, 0.29) is 6.29 Å². The molecule has 0 saturated carbocycles. The second-order valence-corrected chi connectivity index (χ2v) is 4.49. The summed E-state index contributed by atoms with van der Waals surface area (Å²) in [7, 11) is 0. The summed E-state index contributed by atoms with van der Waals surface area (Å²) in [5.74, 6) is 0. The Hall–Kier alpha value is -0.120. The van der Waals surface area contributed by atoms with Crippen LogP contribution in [0, 0.1) is 5.41 Å². The molecular weight excluding hydrogens is 190 g/mol. The predicted octanol–water partition coefficient (Wildman–Crippen LogP) is 2.41. The third kappa shape index (κ3) is 7.77. The minimum absolute atomic E-state index is 0.104. The maximum atomic E-state index is 5.45. The molecule has 0 fully saturated rings. The van der Waals surface area contributed by atoms with Crippen LogP contribution in [0.5, 0.6) is 0 Å². The van der Waals surface area contributed by atoms with Crippen molar-refractivity contribution in [3.05, 3.63) is 0 Å². The third-order valence-electron chi connectivity index (χ3n) is 2.58. The van der Waals surface area contributed by atoms with E-state index in [2.05, 4.69) is 26.1 Å². The summed E-state index contributed by atoms with van der Waals surface area (Å²) in [4.78, 5) is 0. The van der Waals surface area contributed by atoms with Gasteiger partial charge in [-0.05, 0) is 25.7 Å². The van der Waals surface area contributed by atoms with E-state index < -0.39 is 0 Å². The highest BCUT2D eigenvalue weighted by Gasteiger charge is 2.15. The van der Waals surface area contributed by atoms with Crippen LogP contribution in [-0.2, 0) is 9.47 Å². The van der Waals surface area contributed by atoms with Crippen molar-refractivity contribution in [2.24, 2.45) is 5.41 Å². The van der Waals surface area contributed by atoms with Crippen molar-refractivity contribution in [1.29, 1.82) is 0 Å². The summed E-state index contributed by atoms with van der Waals surface area (Å²) in [5.41, 5.74) is 0.350. The zero-order valence-electron chi connectivity index (χ0n) is 10.9. The minimum Gasteiger partial charge on any atom is -0.352 e. The molecule has 0 amide bonds. The third-order valence-corrected chi connectivity index (χ3v) is 2.58. The topological polar surface area (TPSA) is 30.5 Å². The van der Waals surface area contributed by atoms with E-state index in [4.69, 9.17) is 9.47 Å². The highest BCUT2D eigenvalue weighted by molar-refractivity contribution is 4.69. The van der Waals surface area contributed by atoms with Gasteiger partial charge >= 0.3 is 0 Å². The molecule has 0 unspecified atom stereocenters. The Balaban J connectivity index is 3.69. The Morgan fingerprint density at radius 1 is 1.07 bits per heavy atom. The number of hydrogen-bond donors (Lipinski definition) is 1. The summed E-state index contributed by atoms with van der Waals surface area (Å²) in [6.07, 6.45) is 1.07. The monoisotopic (exact) mass is 217 g/mol. The molecule has 0 aromatic rings. The van der Waals surface area contributed by atoms with Crippen molar-refractivity contribution >= 4 is 0 Å². The minimum atomic E-state index is -0.104. The van der Waals surface area contributed by atoms with Gasteiger partial charge in [0.15, 0.2) is 6.29 Å². The van der Waals surface area contributed by atoms with E-state index >= 15 is 0 Å². The Morgan fingerprint density at radius 2 is 1.60 bits per heavy atom. The predicted molar refractivity (Wildman–Crippen MR) is 64.0 cm³/mol. The van der Waals surface area contributed by atoms with Crippen LogP contribution in [0.25, 0.3) is 0 Å². The van der Waals surface area contributed by atoms with Crippen LogP contribution in [0.2, 0.25) is 0 Å². The van der Waals surface area contributed by atoms with Gasteiger partial charge in [0, 0.05) is 26.3 Å². The molecule has 0 saturated heterocycles. The van der Waals surface area contributed by atoms with Crippen LogP contribution in [0.3, 0.4) is 0 Å². The van der Waals surface area contributed by atoms with Gasteiger partial charge in [-0.25, -0.2) is 0 Å². The number of rotatable bonds is 9. The van der Waals surface area contributed by atoms with Crippen molar-refractivity contribution in [2.75, 3.05) is 26.3 Å².